The number of aromatic carboxylic acids is 1. The number of benzene rings is 2. The minimum atomic E-state index is -4.71. The van der Waals surface area contributed by atoms with Crippen molar-refractivity contribution < 1.29 is 27.9 Å². The van der Waals surface area contributed by atoms with Gasteiger partial charge >= 0.3 is 12.1 Å². The SMILES string of the molecule is O=C(O)c1ccc(-c2nn(C(=O)c3ccccc3C(F)(F)F)c3cccnc23)cc1. The third-order valence-corrected chi connectivity index (χ3v) is 4.50. The molecule has 0 fully saturated rings. The number of hydrogen-bond donors (Lipinski definition) is 1. The van der Waals surface area contributed by atoms with Gasteiger partial charge in [-0.05, 0) is 36.4 Å². The Kier molecular flexibility index (Phi) is 4.57. The van der Waals surface area contributed by atoms with Gasteiger partial charge < -0.3 is 5.11 Å². The fraction of sp³-hybridized carbons (Fsp3) is 0.0476. The van der Waals surface area contributed by atoms with Crippen molar-refractivity contribution in [2.75, 3.05) is 0 Å². The fourth-order valence-corrected chi connectivity index (χ4v) is 3.10. The number of nitrogens with zero attached hydrogens (tertiary/aromatic N) is 3. The summed E-state index contributed by atoms with van der Waals surface area (Å²) in [6, 6.07) is 13.3. The Labute approximate surface area is 167 Å². The van der Waals surface area contributed by atoms with Gasteiger partial charge in [0.25, 0.3) is 5.91 Å². The summed E-state index contributed by atoms with van der Waals surface area (Å²) in [7, 11) is 0. The second kappa shape index (κ2) is 7.11. The first-order chi connectivity index (χ1) is 14.3. The van der Waals surface area contributed by atoms with Crippen LogP contribution in [-0.4, -0.2) is 31.7 Å². The highest BCUT2D eigenvalue weighted by molar-refractivity contribution is 6.04. The molecule has 4 aromatic rings. The van der Waals surface area contributed by atoms with Crippen LogP contribution in [0.2, 0.25) is 0 Å². The van der Waals surface area contributed by atoms with Gasteiger partial charge in [-0.2, -0.15) is 23.0 Å². The number of carbonyl (C=O) groups is 2. The molecule has 2 aromatic heterocycles. The molecule has 6 nitrogen and oxygen atoms in total. The molecule has 2 heterocycles. The third-order valence-electron chi connectivity index (χ3n) is 4.50. The molecule has 0 atom stereocenters. The van der Waals surface area contributed by atoms with E-state index >= 15 is 0 Å². The van der Waals surface area contributed by atoms with Gasteiger partial charge in [-0.1, -0.05) is 24.3 Å². The van der Waals surface area contributed by atoms with E-state index in [-0.39, 0.29) is 16.8 Å². The Bertz CT molecular complexity index is 1280. The van der Waals surface area contributed by atoms with Crippen LogP contribution in [0.4, 0.5) is 13.2 Å². The number of hydrogen-bond acceptors (Lipinski definition) is 4. The standard InChI is InChI=1S/C21H12F3N3O3/c22-21(23,24)15-5-2-1-4-14(15)19(28)27-16-6-3-11-25-18(16)17(26-27)12-7-9-13(10-8-12)20(29)30/h1-11H,(H,29,30). The predicted octanol–water partition coefficient (Wildman–Crippen LogP) is 4.50. The van der Waals surface area contributed by atoms with Crippen LogP contribution >= 0.6 is 0 Å². The lowest BCUT2D eigenvalue weighted by Gasteiger charge is -2.11. The van der Waals surface area contributed by atoms with E-state index in [2.05, 4.69) is 10.1 Å². The lowest BCUT2D eigenvalue weighted by atomic mass is 10.1. The Hall–Kier alpha value is -4.01. The average Bonchev–Trinajstić information content (AvgIpc) is 3.12. The van der Waals surface area contributed by atoms with Crippen molar-refractivity contribution in [1.82, 2.24) is 14.8 Å². The first kappa shape index (κ1) is 19.3. The lowest BCUT2D eigenvalue weighted by molar-refractivity contribution is -0.137. The maximum absolute atomic E-state index is 13.4. The van der Waals surface area contributed by atoms with Crippen LogP contribution in [0.25, 0.3) is 22.3 Å². The molecule has 0 aliphatic carbocycles. The molecule has 0 spiro atoms. The Morgan fingerprint density at radius 2 is 1.63 bits per heavy atom. The highest BCUT2D eigenvalue weighted by Gasteiger charge is 2.35. The molecule has 0 aliphatic heterocycles. The number of pyridine rings is 1. The molecule has 0 bridgehead atoms. The Balaban J connectivity index is 1.88. The van der Waals surface area contributed by atoms with Crippen LogP contribution in [0, 0.1) is 0 Å². The van der Waals surface area contributed by atoms with E-state index in [0.29, 0.717) is 11.1 Å². The van der Waals surface area contributed by atoms with Crippen molar-refractivity contribution in [2.45, 2.75) is 6.18 Å². The summed E-state index contributed by atoms with van der Waals surface area (Å²) in [5.41, 5.74) is -0.276. The van der Waals surface area contributed by atoms with Crippen molar-refractivity contribution in [3.05, 3.63) is 83.6 Å². The third kappa shape index (κ3) is 3.30. The Morgan fingerprint density at radius 1 is 0.933 bits per heavy atom. The van der Waals surface area contributed by atoms with Crippen molar-refractivity contribution in [3.63, 3.8) is 0 Å². The van der Waals surface area contributed by atoms with Gasteiger partial charge in [0.1, 0.15) is 11.2 Å². The molecule has 150 valence electrons. The number of halogens is 3. The highest BCUT2D eigenvalue weighted by Crippen LogP contribution is 2.33. The monoisotopic (exact) mass is 411 g/mol. The van der Waals surface area contributed by atoms with Crippen molar-refractivity contribution >= 4 is 22.9 Å². The van der Waals surface area contributed by atoms with Crippen molar-refractivity contribution in [1.29, 1.82) is 0 Å². The molecule has 0 unspecified atom stereocenters. The summed E-state index contributed by atoms with van der Waals surface area (Å²) >= 11 is 0. The molecular formula is C21H12F3N3O3. The van der Waals surface area contributed by atoms with E-state index in [0.717, 1.165) is 16.8 Å². The number of carboxylic acids is 1. The zero-order valence-electron chi connectivity index (χ0n) is 15.1. The van der Waals surface area contributed by atoms with Crippen LogP contribution in [-0.2, 0) is 6.18 Å². The molecule has 0 saturated heterocycles. The summed E-state index contributed by atoms with van der Waals surface area (Å²) in [6.45, 7) is 0. The highest BCUT2D eigenvalue weighted by atomic mass is 19.4. The average molecular weight is 411 g/mol. The van der Waals surface area contributed by atoms with E-state index in [1.54, 1.807) is 6.07 Å². The first-order valence-corrected chi connectivity index (χ1v) is 8.66. The van der Waals surface area contributed by atoms with E-state index in [1.165, 1.54) is 48.7 Å². The zero-order chi connectivity index (χ0) is 21.5. The van der Waals surface area contributed by atoms with E-state index < -0.39 is 29.2 Å². The predicted molar refractivity (Wildman–Crippen MR) is 101 cm³/mol. The Morgan fingerprint density at radius 3 is 2.30 bits per heavy atom. The molecule has 9 heteroatoms. The second-order valence-electron chi connectivity index (χ2n) is 6.36. The number of alkyl halides is 3. The first-order valence-electron chi connectivity index (χ1n) is 8.66. The fourth-order valence-electron chi connectivity index (χ4n) is 3.10. The minimum Gasteiger partial charge on any atom is -0.478 e. The van der Waals surface area contributed by atoms with E-state index in [1.807, 2.05) is 0 Å². The summed E-state index contributed by atoms with van der Waals surface area (Å²) in [6.07, 6.45) is -3.24. The number of carboxylic acid groups (broad SMARTS) is 1. The number of carbonyl (C=O) groups excluding carboxylic acids is 1. The summed E-state index contributed by atoms with van der Waals surface area (Å²) < 4.78 is 41.0. The van der Waals surface area contributed by atoms with Crippen LogP contribution < -0.4 is 0 Å². The molecule has 0 radical (unpaired) electrons. The molecule has 2 aromatic carbocycles. The van der Waals surface area contributed by atoms with Crippen molar-refractivity contribution in [2.24, 2.45) is 0 Å². The van der Waals surface area contributed by atoms with Crippen LogP contribution in [0.15, 0.2) is 66.9 Å². The number of rotatable bonds is 3. The van der Waals surface area contributed by atoms with Gasteiger partial charge in [0.2, 0.25) is 0 Å². The molecular weight excluding hydrogens is 399 g/mol. The lowest BCUT2D eigenvalue weighted by Crippen LogP contribution is -2.19. The molecule has 30 heavy (non-hydrogen) atoms. The topological polar surface area (TPSA) is 85.1 Å². The molecule has 0 saturated carbocycles. The van der Waals surface area contributed by atoms with Crippen molar-refractivity contribution in [3.8, 4) is 11.3 Å². The largest absolute Gasteiger partial charge is 0.478 e. The maximum Gasteiger partial charge on any atom is 0.417 e. The zero-order valence-corrected chi connectivity index (χ0v) is 15.1. The molecule has 4 rings (SSSR count). The van der Waals surface area contributed by atoms with Gasteiger partial charge in [0.05, 0.1) is 22.2 Å². The smallest absolute Gasteiger partial charge is 0.417 e. The van der Waals surface area contributed by atoms with E-state index in [4.69, 9.17) is 5.11 Å². The van der Waals surface area contributed by atoms with Crippen LogP contribution in [0.3, 0.4) is 0 Å². The normalized spacial score (nSPS) is 11.6. The summed E-state index contributed by atoms with van der Waals surface area (Å²) in [4.78, 5) is 28.3. The second-order valence-corrected chi connectivity index (χ2v) is 6.36. The maximum atomic E-state index is 13.4. The quantitative estimate of drug-likeness (QED) is 0.536. The summed E-state index contributed by atoms with van der Waals surface area (Å²) in [5.74, 6) is -2.05. The number of aromatic nitrogens is 3. The minimum absolute atomic E-state index is 0.0608. The molecule has 1 N–H and O–H groups in total. The van der Waals surface area contributed by atoms with E-state index in [9.17, 15) is 22.8 Å². The van der Waals surface area contributed by atoms with Crippen LogP contribution in [0.1, 0.15) is 26.3 Å². The van der Waals surface area contributed by atoms with Gasteiger partial charge in [0, 0.05) is 11.8 Å². The van der Waals surface area contributed by atoms with Gasteiger partial charge in [-0.3, -0.25) is 9.78 Å². The molecule has 0 aliphatic rings. The molecule has 0 amide bonds. The number of fused-ring (bicyclic) bond motifs is 1. The summed E-state index contributed by atoms with van der Waals surface area (Å²) in [5, 5.41) is 13.3. The van der Waals surface area contributed by atoms with Gasteiger partial charge in [0.15, 0.2) is 0 Å². The van der Waals surface area contributed by atoms with Gasteiger partial charge in [-0.25, -0.2) is 4.79 Å². The van der Waals surface area contributed by atoms with Crippen LogP contribution in [0.5, 0.6) is 0 Å². The van der Waals surface area contributed by atoms with Gasteiger partial charge in [-0.15, -0.1) is 0 Å².